The molecule has 4 aromatic rings. The van der Waals surface area contributed by atoms with Gasteiger partial charge in [0.25, 0.3) is 0 Å². The van der Waals surface area contributed by atoms with Gasteiger partial charge in [0.2, 0.25) is 0 Å². The van der Waals surface area contributed by atoms with Gasteiger partial charge in [0.05, 0.1) is 23.7 Å². The fourth-order valence-electron chi connectivity index (χ4n) is 3.20. The molecule has 0 fully saturated rings. The Balaban J connectivity index is 2.01. The molecular formula is C22H18N2O3. The van der Waals surface area contributed by atoms with Crippen molar-refractivity contribution >= 4 is 17.0 Å². The van der Waals surface area contributed by atoms with Gasteiger partial charge in [0, 0.05) is 11.3 Å². The zero-order valence-electron chi connectivity index (χ0n) is 15.0. The molecule has 0 aliphatic rings. The third-order valence-corrected chi connectivity index (χ3v) is 4.62. The van der Waals surface area contributed by atoms with E-state index in [2.05, 4.69) is 0 Å². The van der Waals surface area contributed by atoms with Crippen molar-refractivity contribution in [2.75, 3.05) is 7.11 Å². The number of nitrogens with zero attached hydrogens (tertiary/aromatic N) is 2. The average molecular weight is 358 g/mol. The van der Waals surface area contributed by atoms with Gasteiger partial charge in [0.15, 0.2) is 0 Å². The highest BCUT2D eigenvalue weighted by atomic mass is 16.5. The molecule has 3 aromatic carbocycles. The quantitative estimate of drug-likeness (QED) is 0.574. The Morgan fingerprint density at radius 1 is 1.04 bits per heavy atom. The molecule has 0 aliphatic heterocycles. The van der Waals surface area contributed by atoms with Crippen LogP contribution in [-0.4, -0.2) is 27.7 Å². The Morgan fingerprint density at radius 2 is 1.78 bits per heavy atom. The van der Waals surface area contributed by atoms with Crippen LogP contribution >= 0.6 is 0 Å². The first kappa shape index (κ1) is 16.8. The predicted molar refractivity (Wildman–Crippen MR) is 105 cm³/mol. The molecule has 1 N–H and O–H groups in total. The summed E-state index contributed by atoms with van der Waals surface area (Å²) in [6.07, 6.45) is 0. The molecule has 0 unspecified atom stereocenters. The lowest BCUT2D eigenvalue weighted by molar-refractivity contribution is 0.0697. The first-order chi connectivity index (χ1) is 13.1. The number of ether oxygens (including phenoxy) is 1. The molecule has 4 rings (SSSR count). The van der Waals surface area contributed by atoms with Crippen LogP contribution in [0.15, 0.2) is 66.7 Å². The maximum atomic E-state index is 11.5. The third-order valence-electron chi connectivity index (χ3n) is 4.62. The van der Waals surface area contributed by atoms with Gasteiger partial charge in [-0.05, 0) is 61.0 Å². The summed E-state index contributed by atoms with van der Waals surface area (Å²) >= 11 is 0. The minimum atomic E-state index is -0.955. The number of aromatic carboxylic acids is 1. The topological polar surface area (TPSA) is 64.3 Å². The summed E-state index contributed by atoms with van der Waals surface area (Å²) in [6, 6.07) is 20.7. The summed E-state index contributed by atoms with van der Waals surface area (Å²) in [5.41, 5.74) is 4.73. The van der Waals surface area contributed by atoms with Gasteiger partial charge in [-0.25, -0.2) is 9.78 Å². The summed E-state index contributed by atoms with van der Waals surface area (Å²) in [6.45, 7) is 1.96. The number of fused-ring (bicyclic) bond motifs is 1. The zero-order valence-corrected chi connectivity index (χ0v) is 15.0. The molecule has 0 amide bonds. The minimum Gasteiger partial charge on any atom is -0.497 e. The number of methoxy groups -OCH3 is 1. The van der Waals surface area contributed by atoms with E-state index < -0.39 is 5.97 Å². The first-order valence-corrected chi connectivity index (χ1v) is 8.54. The Hall–Kier alpha value is -3.60. The molecule has 1 aromatic heterocycles. The highest BCUT2D eigenvalue weighted by molar-refractivity contribution is 5.90. The number of rotatable bonds is 4. The molecule has 0 saturated carbocycles. The maximum Gasteiger partial charge on any atom is 0.335 e. The van der Waals surface area contributed by atoms with Crippen LogP contribution in [0.25, 0.3) is 28.1 Å². The van der Waals surface area contributed by atoms with Gasteiger partial charge in [0.1, 0.15) is 11.6 Å². The summed E-state index contributed by atoms with van der Waals surface area (Å²) in [4.78, 5) is 16.3. The number of hydrogen-bond acceptors (Lipinski definition) is 3. The van der Waals surface area contributed by atoms with E-state index in [9.17, 15) is 9.90 Å². The molecule has 5 heteroatoms. The number of carbonyl (C=O) groups is 1. The van der Waals surface area contributed by atoms with Crippen LogP contribution in [0.2, 0.25) is 0 Å². The van der Waals surface area contributed by atoms with E-state index >= 15 is 0 Å². The van der Waals surface area contributed by atoms with E-state index in [1.807, 2.05) is 66.1 Å². The Bertz CT molecular complexity index is 1140. The number of benzene rings is 3. The number of hydrogen-bond donors (Lipinski definition) is 1. The highest BCUT2D eigenvalue weighted by Crippen LogP contribution is 2.31. The summed E-state index contributed by atoms with van der Waals surface area (Å²) in [5, 5.41) is 9.39. The van der Waals surface area contributed by atoms with Crippen molar-refractivity contribution in [3.05, 3.63) is 77.9 Å². The lowest BCUT2D eigenvalue weighted by Gasteiger charge is -2.12. The average Bonchev–Trinajstić information content (AvgIpc) is 3.07. The maximum absolute atomic E-state index is 11.5. The monoisotopic (exact) mass is 358 g/mol. The molecule has 0 radical (unpaired) electrons. The minimum absolute atomic E-state index is 0.240. The Labute approximate surface area is 156 Å². The van der Waals surface area contributed by atoms with E-state index in [-0.39, 0.29) is 5.56 Å². The molecule has 1 heterocycles. The van der Waals surface area contributed by atoms with Crippen LogP contribution in [0.1, 0.15) is 15.9 Å². The van der Waals surface area contributed by atoms with Crippen LogP contribution in [0, 0.1) is 6.92 Å². The molecular weight excluding hydrogens is 340 g/mol. The van der Waals surface area contributed by atoms with Crippen molar-refractivity contribution in [1.29, 1.82) is 0 Å². The Kier molecular flexibility index (Phi) is 4.12. The van der Waals surface area contributed by atoms with E-state index in [0.717, 1.165) is 33.6 Å². The molecule has 0 saturated heterocycles. The standard InChI is InChI=1S/C22H18N2O3/c1-14-7-8-15(22(25)26)13-18(14)21-23-19-5-3-4-6-20(19)24(21)16-9-11-17(27-2)12-10-16/h3-13H,1-2H3,(H,25,26). The van der Waals surface area contributed by atoms with Crippen molar-refractivity contribution in [3.63, 3.8) is 0 Å². The number of imidazole rings is 1. The predicted octanol–water partition coefficient (Wildman–Crippen LogP) is 4.71. The van der Waals surface area contributed by atoms with Gasteiger partial charge >= 0.3 is 5.97 Å². The fourth-order valence-corrected chi connectivity index (χ4v) is 3.20. The van der Waals surface area contributed by atoms with Crippen LogP contribution in [-0.2, 0) is 0 Å². The van der Waals surface area contributed by atoms with Crippen LogP contribution in [0.3, 0.4) is 0 Å². The molecule has 5 nitrogen and oxygen atoms in total. The van der Waals surface area contributed by atoms with Gasteiger partial charge in [-0.2, -0.15) is 0 Å². The third kappa shape index (κ3) is 2.93. The molecule has 134 valence electrons. The molecule has 27 heavy (non-hydrogen) atoms. The SMILES string of the molecule is COc1ccc(-n2c(-c3cc(C(=O)O)ccc3C)nc3ccccc32)cc1. The number of aromatic nitrogens is 2. The fraction of sp³-hybridized carbons (Fsp3) is 0.0909. The largest absolute Gasteiger partial charge is 0.497 e. The number of aryl methyl sites for hydroxylation is 1. The number of para-hydroxylation sites is 2. The van der Waals surface area contributed by atoms with Crippen molar-refractivity contribution in [1.82, 2.24) is 9.55 Å². The van der Waals surface area contributed by atoms with E-state index in [4.69, 9.17) is 9.72 Å². The zero-order chi connectivity index (χ0) is 19.0. The summed E-state index contributed by atoms with van der Waals surface area (Å²) < 4.78 is 7.30. The van der Waals surface area contributed by atoms with Crippen LogP contribution < -0.4 is 4.74 Å². The van der Waals surface area contributed by atoms with Gasteiger partial charge in [-0.1, -0.05) is 18.2 Å². The van der Waals surface area contributed by atoms with Crippen LogP contribution in [0.5, 0.6) is 5.75 Å². The van der Waals surface area contributed by atoms with Gasteiger partial charge in [-0.3, -0.25) is 4.57 Å². The van der Waals surface area contributed by atoms with Gasteiger partial charge < -0.3 is 9.84 Å². The second-order valence-electron chi connectivity index (χ2n) is 6.29. The summed E-state index contributed by atoms with van der Waals surface area (Å²) in [7, 11) is 1.63. The smallest absolute Gasteiger partial charge is 0.335 e. The second kappa shape index (κ2) is 6.61. The van der Waals surface area contributed by atoms with Crippen molar-refractivity contribution in [2.24, 2.45) is 0 Å². The lowest BCUT2D eigenvalue weighted by Crippen LogP contribution is -2.02. The summed E-state index contributed by atoms with van der Waals surface area (Å²) in [5.74, 6) is 0.527. The normalized spacial score (nSPS) is 10.9. The van der Waals surface area contributed by atoms with Crippen molar-refractivity contribution in [2.45, 2.75) is 6.92 Å². The van der Waals surface area contributed by atoms with Crippen molar-refractivity contribution in [3.8, 4) is 22.8 Å². The van der Waals surface area contributed by atoms with Crippen molar-refractivity contribution < 1.29 is 14.6 Å². The van der Waals surface area contributed by atoms with E-state index in [1.165, 1.54) is 0 Å². The van der Waals surface area contributed by atoms with Crippen LogP contribution in [0.4, 0.5) is 0 Å². The van der Waals surface area contributed by atoms with E-state index in [0.29, 0.717) is 5.82 Å². The van der Waals surface area contributed by atoms with Gasteiger partial charge in [-0.15, -0.1) is 0 Å². The molecule has 0 aliphatic carbocycles. The Morgan fingerprint density at radius 3 is 2.48 bits per heavy atom. The number of carboxylic acid groups (broad SMARTS) is 1. The number of carboxylic acids is 1. The van der Waals surface area contributed by atoms with E-state index in [1.54, 1.807) is 19.2 Å². The lowest BCUT2D eigenvalue weighted by atomic mass is 10.0. The molecule has 0 bridgehead atoms. The highest BCUT2D eigenvalue weighted by Gasteiger charge is 2.17. The molecule has 0 atom stereocenters. The molecule has 0 spiro atoms. The second-order valence-corrected chi connectivity index (χ2v) is 6.29. The first-order valence-electron chi connectivity index (χ1n) is 8.54.